The number of imidazole rings is 1. The lowest BCUT2D eigenvalue weighted by molar-refractivity contribution is -0.131. The van der Waals surface area contributed by atoms with Crippen molar-refractivity contribution in [2.75, 3.05) is 18.8 Å². The molecule has 1 aromatic heterocycles. The van der Waals surface area contributed by atoms with Gasteiger partial charge in [-0.05, 0) is 44.2 Å². The van der Waals surface area contributed by atoms with E-state index in [2.05, 4.69) is 24.1 Å². The van der Waals surface area contributed by atoms with Gasteiger partial charge >= 0.3 is 0 Å². The Kier molecular flexibility index (Phi) is 6.65. The van der Waals surface area contributed by atoms with Gasteiger partial charge in [-0.2, -0.15) is 0 Å². The molecule has 0 bridgehead atoms. The van der Waals surface area contributed by atoms with E-state index in [0.29, 0.717) is 22.7 Å². The van der Waals surface area contributed by atoms with Crippen LogP contribution in [-0.2, 0) is 16.1 Å². The Morgan fingerprint density at radius 1 is 1.21 bits per heavy atom. The quantitative estimate of drug-likeness (QED) is 0.754. The van der Waals surface area contributed by atoms with Gasteiger partial charge in [-0.25, -0.2) is 4.98 Å². The van der Waals surface area contributed by atoms with Crippen LogP contribution < -0.4 is 5.32 Å². The van der Waals surface area contributed by atoms with Crippen molar-refractivity contribution in [1.82, 2.24) is 19.8 Å². The molecule has 2 heterocycles. The van der Waals surface area contributed by atoms with Crippen LogP contribution in [0.25, 0.3) is 11.0 Å². The molecule has 1 aliphatic rings. The van der Waals surface area contributed by atoms with Gasteiger partial charge in [0.25, 0.3) is 0 Å². The number of nitrogens with one attached hydrogen (secondary N) is 1. The van der Waals surface area contributed by atoms with Crippen LogP contribution >= 0.6 is 11.8 Å². The van der Waals surface area contributed by atoms with E-state index in [1.165, 1.54) is 18.2 Å². The lowest BCUT2D eigenvalue weighted by Gasteiger charge is -2.35. The number of aromatic nitrogens is 2. The van der Waals surface area contributed by atoms with Gasteiger partial charge in [-0.1, -0.05) is 37.7 Å². The molecule has 2 atom stereocenters. The minimum Gasteiger partial charge on any atom is -0.352 e. The summed E-state index contributed by atoms with van der Waals surface area (Å²) in [7, 11) is 0. The smallest absolute Gasteiger partial charge is 0.240 e. The third kappa shape index (κ3) is 5.07. The van der Waals surface area contributed by atoms with E-state index in [4.69, 9.17) is 0 Å². The van der Waals surface area contributed by atoms with E-state index in [1.807, 2.05) is 47.6 Å². The molecule has 0 radical (unpaired) electrons. The second kappa shape index (κ2) is 8.99. The number of para-hydroxylation sites is 2. The Labute approximate surface area is 171 Å². The van der Waals surface area contributed by atoms with E-state index in [9.17, 15) is 9.59 Å². The van der Waals surface area contributed by atoms with Crippen LogP contribution in [0.1, 0.15) is 34.1 Å². The molecule has 0 unspecified atom stereocenters. The van der Waals surface area contributed by atoms with Crippen molar-refractivity contribution in [3.8, 4) is 0 Å². The van der Waals surface area contributed by atoms with Crippen molar-refractivity contribution < 1.29 is 9.59 Å². The maximum Gasteiger partial charge on any atom is 0.240 e. The molecule has 0 aliphatic carbocycles. The van der Waals surface area contributed by atoms with Crippen molar-refractivity contribution in [3.05, 3.63) is 24.3 Å². The molecule has 1 saturated heterocycles. The van der Waals surface area contributed by atoms with Crippen molar-refractivity contribution in [1.29, 1.82) is 0 Å². The zero-order valence-electron chi connectivity index (χ0n) is 17.1. The lowest BCUT2D eigenvalue weighted by atomic mass is 9.92. The number of likely N-dealkylation sites (tertiary alicyclic amines) is 1. The van der Waals surface area contributed by atoms with Crippen LogP contribution in [0.3, 0.4) is 0 Å². The second-order valence-electron chi connectivity index (χ2n) is 8.22. The molecule has 7 heteroatoms. The maximum atomic E-state index is 12.7. The molecule has 1 aliphatic heterocycles. The van der Waals surface area contributed by atoms with E-state index in [-0.39, 0.29) is 24.4 Å². The minimum atomic E-state index is -0.0509. The van der Waals surface area contributed by atoms with Gasteiger partial charge in [0.2, 0.25) is 11.8 Å². The number of nitrogens with zero attached hydrogens (tertiary/aromatic N) is 3. The van der Waals surface area contributed by atoms with Crippen molar-refractivity contribution in [3.63, 3.8) is 0 Å². The van der Waals surface area contributed by atoms with E-state index in [1.54, 1.807) is 0 Å². The van der Waals surface area contributed by atoms with Crippen molar-refractivity contribution in [2.24, 2.45) is 11.8 Å². The number of hydrogen-bond acceptors (Lipinski definition) is 4. The fraction of sp³-hybridized carbons (Fsp3) is 0.571. The summed E-state index contributed by atoms with van der Waals surface area (Å²) in [5.41, 5.74) is 1.76. The summed E-state index contributed by atoms with van der Waals surface area (Å²) >= 11 is 1.42. The number of hydrogen-bond donors (Lipinski definition) is 1. The zero-order valence-corrected chi connectivity index (χ0v) is 18.0. The Balaban J connectivity index is 1.74. The van der Waals surface area contributed by atoms with E-state index < -0.39 is 0 Å². The van der Waals surface area contributed by atoms with Gasteiger partial charge in [0.05, 0.1) is 16.8 Å². The maximum absolute atomic E-state index is 12.7. The van der Waals surface area contributed by atoms with Crippen LogP contribution in [0.5, 0.6) is 0 Å². The molecule has 152 valence electrons. The first kappa shape index (κ1) is 20.7. The summed E-state index contributed by atoms with van der Waals surface area (Å²) in [6.45, 7) is 10.2. The zero-order chi connectivity index (χ0) is 20.3. The number of fused-ring (bicyclic) bond motifs is 1. The molecule has 1 aromatic carbocycles. The predicted molar refractivity (Wildman–Crippen MR) is 113 cm³/mol. The number of benzene rings is 1. The average Bonchev–Trinajstić information content (AvgIpc) is 2.95. The Hall–Kier alpha value is -2.02. The Bertz CT molecular complexity index is 838. The van der Waals surface area contributed by atoms with Crippen molar-refractivity contribution >= 4 is 34.6 Å². The first-order valence-electron chi connectivity index (χ1n) is 9.98. The monoisotopic (exact) mass is 402 g/mol. The number of carbonyl (C=O) groups is 2. The highest BCUT2D eigenvalue weighted by molar-refractivity contribution is 7.99. The first-order chi connectivity index (χ1) is 13.3. The van der Waals surface area contributed by atoms with Crippen molar-refractivity contribution in [2.45, 2.75) is 51.9 Å². The van der Waals surface area contributed by atoms with E-state index in [0.717, 1.165) is 24.1 Å². The summed E-state index contributed by atoms with van der Waals surface area (Å²) in [6, 6.07) is 7.86. The third-order valence-electron chi connectivity index (χ3n) is 4.92. The van der Waals surface area contributed by atoms with Gasteiger partial charge in [-0.3, -0.25) is 9.59 Å². The second-order valence-corrected chi connectivity index (χ2v) is 9.17. The Morgan fingerprint density at radius 2 is 1.89 bits per heavy atom. The fourth-order valence-electron chi connectivity index (χ4n) is 3.91. The molecular weight excluding hydrogens is 372 g/mol. The summed E-state index contributed by atoms with van der Waals surface area (Å²) in [6.07, 6.45) is 1.18. The predicted octanol–water partition coefficient (Wildman–Crippen LogP) is 3.16. The summed E-state index contributed by atoms with van der Waals surface area (Å²) in [5, 5.41) is 3.64. The van der Waals surface area contributed by atoms with Gasteiger partial charge in [-0.15, -0.1) is 0 Å². The summed E-state index contributed by atoms with van der Waals surface area (Å²) in [5.74, 6) is 1.52. The molecule has 28 heavy (non-hydrogen) atoms. The topological polar surface area (TPSA) is 67.2 Å². The highest BCUT2D eigenvalue weighted by Crippen LogP contribution is 2.26. The summed E-state index contributed by atoms with van der Waals surface area (Å²) < 4.78 is 1.91. The Morgan fingerprint density at radius 3 is 2.57 bits per heavy atom. The van der Waals surface area contributed by atoms with Gasteiger partial charge in [0.15, 0.2) is 5.16 Å². The number of amides is 2. The van der Waals surface area contributed by atoms with Crippen LogP contribution in [0.4, 0.5) is 0 Å². The standard InChI is InChI=1S/C21H30N4O2S/c1-14(2)22-19(26)12-25-18-8-6-5-7-17(18)23-21(25)28-13-20(27)24-10-15(3)9-16(4)11-24/h5-8,14-16H,9-13H2,1-4H3,(H,22,26)/t15-,16-/m0/s1. The molecule has 0 saturated carbocycles. The van der Waals surface area contributed by atoms with Crippen LogP contribution in [0.2, 0.25) is 0 Å². The highest BCUT2D eigenvalue weighted by Gasteiger charge is 2.26. The third-order valence-corrected chi connectivity index (χ3v) is 5.88. The molecular formula is C21H30N4O2S. The van der Waals surface area contributed by atoms with E-state index >= 15 is 0 Å². The van der Waals surface area contributed by atoms with Crippen LogP contribution in [-0.4, -0.2) is 51.1 Å². The molecule has 6 nitrogen and oxygen atoms in total. The van der Waals surface area contributed by atoms with Crippen LogP contribution in [0, 0.1) is 11.8 Å². The lowest BCUT2D eigenvalue weighted by Crippen LogP contribution is -2.43. The number of thioether (sulfide) groups is 1. The molecule has 2 aromatic rings. The molecule has 1 fully saturated rings. The molecule has 2 amide bonds. The van der Waals surface area contributed by atoms with Gasteiger partial charge in [0.1, 0.15) is 6.54 Å². The normalized spacial score (nSPS) is 20.0. The SMILES string of the molecule is CC(C)NC(=O)Cn1c(SCC(=O)N2C[C@@H](C)C[C@H](C)C2)nc2ccccc21. The van der Waals surface area contributed by atoms with Crippen LogP contribution in [0.15, 0.2) is 29.4 Å². The number of rotatable bonds is 6. The largest absolute Gasteiger partial charge is 0.352 e. The minimum absolute atomic E-state index is 0.0509. The van der Waals surface area contributed by atoms with Gasteiger partial charge < -0.3 is 14.8 Å². The summed E-state index contributed by atoms with van der Waals surface area (Å²) in [4.78, 5) is 31.7. The fourth-order valence-corrected chi connectivity index (χ4v) is 4.83. The first-order valence-corrected chi connectivity index (χ1v) is 11.0. The highest BCUT2D eigenvalue weighted by atomic mass is 32.2. The number of carbonyl (C=O) groups excluding carboxylic acids is 2. The molecule has 3 rings (SSSR count). The molecule has 1 N–H and O–H groups in total. The average molecular weight is 403 g/mol. The number of piperidine rings is 1. The van der Waals surface area contributed by atoms with Gasteiger partial charge in [0, 0.05) is 19.1 Å². The molecule has 0 spiro atoms.